The summed E-state index contributed by atoms with van der Waals surface area (Å²) < 4.78 is 47.1. The van der Waals surface area contributed by atoms with E-state index in [4.69, 9.17) is 16.3 Å². The predicted molar refractivity (Wildman–Crippen MR) is 136 cm³/mol. The first-order valence-electron chi connectivity index (χ1n) is 11.4. The zero-order valence-corrected chi connectivity index (χ0v) is 22.1. The van der Waals surface area contributed by atoms with Gasteiger partial charge in [0.15, 0.2) is 0 Å². The van der Waals surface area contributed by atoms with Gasteiger partial charge in [-0.1, -0.05) is 32.4 Å². The van der Waals surface area contributed by atoms with E-state index in [1.165, 1.54) is 6.07 Å². The Morgan fingerprint density at radius 1 is 1.19 bits per heavy atom. The van der Waals surface area contributed by atoms with Gasteiger partial charge < -0.3 is 25.6 Å². The van der Waals surface area contributed by atoms with Gasteiger partial charge in [-0.2, -0.15) is 13.2 Å². The number of amides is 3. The molecule has 37 heavy (non-hydrogen) atoms. The number of halogens is 4. The van der Waals surface area contributed by atoms with E-state index in [1.54, 1.807) is 12.1 Å². The van der Waals surface area contributed by atoms with Gasteiger partial charge in [-0.15, -0.1) is 11.3 Å². The average molecular weight is 561 g/mol. The Labute approximate surface area is 221 Å². The molecule has 3 rings (SSSR count). The third-order valence-corrected chi connectivity index (χ3v) is 6.54. The number of nitrogens with one attached hydrogen (secondary N) is 3. The van der Waals surface area contributed by atoms with E-state index in [0.29, 0.717) is 15.8 Å². The van der Waals surface area contributed by atoms with E-state index < -0.39 is 35.5 Å². The van der Waals surface area contributed by atoms with Crippen LogP contribution < -0.4 is 20.9 Å². The quantitative estimate of drug-likeness (QED) is 0.450. The SMILES string of the molecule is CC(C)(C)CN[C@@H](CNC(=O)c1ccc(Cl)s1)C(=O)Nc1ccc(N2CCOCC2=O)c(C(F)(F)F)c1. The fourth-order valence-electron chi connectivity index (χ4n) is 3.48. The van der Waals surface area contributed by atoms with Gasteiger partial charge in [0.05, 0.1) is 27.1 Å². The van der Waals surface area contributed by atoms with Crippen LogP contribution in [-0.2, 0) is 20.5 Å². The number of alkyl halides is 3. The smallest absolute Gasteiger partial charge is 0.370 e. The van der Waals surface area contributed by atoms with Crippen molar-refractivity contribution in [2.24, 2.45) is 5.41 Å². The van der Waals surface area contributed by atoms with E-state index in [2.05, 4.69) is 16.0 Å². The first-order valence-corrected chi connectivity index (χ1v) is 12.6. The Hall–Kier alpha value is -2.67. The topological polar surface area (TPSA) is 99.8 Å². The summed E-state index contributed by atoms with van der Waals surface area (Å²) in [6, 6.07) is 5.45. The average Bonchev–Trinajstić information content (AvgIpc) is 3.24. The summed E-state index contributed by atoms with van der Waals surface area (Å²) in [6.07, 6.45) is -4.77. The van der Waals surface area contributed by atoms with Crippen molar-refractivity contribution in [2.75, 3.05) is 43.1 Å². The Morgan fingerprint density at radius 2 is 1.92 bits per heavy atom. The highest BCUT2D eigenvalue weighted by Crippen LogP contribution is 2.38. The molecule has 1 saturated heterocycles. The predicted octanol–water partition coefficient (Wildman–Crippen LogP) is 4.16. The normalized spacial score (nSPS) is 15.4. The molecule has 2 aromatic rings. The van der Waals surface area contributed by atoms with E-state index >= 15 is 0 Å². The minimum Gasteiger partial charge on any atom is -0.370 e. The van der Waals surface area contributed by atoms with Crippen molar-refractivity contribution in [3.05, 3.63) is 45.1 Å². The van der Waals surface area contributed by atoms with Gasteiger partial charge in [-0.05, 0) is 35.7 Å². The first-order chi connectivity index (χ1) is 17.2. The van der Waals surface area contributed by atoms with Crippen molar-refractivity contribution in [3.8, 4) is 0 Å². The number of carbonyl (C=O) groups is 3. The van der Waals surface area contributed by atoms with Crippen LogP contribution in [0.4, 0.5) is 24.5 Å². The number of hydrogen-bond acceptors (Lipinski definition) is 6. The lowest BCUT2D eigenvalue weighted by Gasteiger charge is -2.29. The molecule has 1 aliphatic rings. The van der Waals surface area contributed by atoms with Crippen LogP contribution >= 0.6 is 22.9 Å². The van der Waals surface area contributed by atoms with Crippen LogP contribution in [0.5, 0.6) is 0 Å². The second kappa shape index (κ2) is 11.8. The minimum atomic E-state index is -4.77. The molecule has 1 aliphatic heterocycles. The van der Waals surface area contributed by atoms with Crippen LogP contribution in [0.3, 0.4) is 0 Å². The van der Waals surface area contributed by atoms with Crippen LogP contribution in [0.1, 0.15) is 36.0 Å². The maximum Gasteiger partial charge on any atom is 0.418 e. The molecule has 2 heterocycles. The summed E-state index contributed by atoms with van der Waals surface area (Å²) in [4.78, 5) is 39.0. The number of benzene rings is 1. The number of rotatable bonds is 8. The van der Waals surface area contributed by atoms with Gasteiger partial charge in [0.1, 0.15) is 12.6 Å². The Kier molecular flexibility index (Phi) is 9.22. The molecular formula is C24H28ClF3N4O4S. The zero-order valence-electron chi connectivity index (χ0n) is 20.5. The number of ether oxygens (including phenoxy) is 1. The first kappa shape index (κ1) is 28.9. The largest absolute Gasteiger partial charge is 0.418 e. The highest BCUT2D eigenvalue weighted by atomic mass is 35.5. The lowest BCUT2D eigenvalue weighted by atomic mass is 9.96. The number of anilines is 2. The molecular weight excluding hydrogens is 533 g/mol. The maximum atomic E-state index is 13.9. The number of thiophene rings is 1. The van der Waals surface area contributed by atoms with Crippen molar-refractivity contribution in [1.29, 1.82) is 0 Å². The number of nitrogens with zero attached hydrogens (tertiary/aromatic N) is 1. The Morgan fingerprint density at radius 3 is 2.51 bits per heavy atom. The second-order valence-corrected chi connectivity index (χ2v) is 11.3. The molecule has 3 N–H and O–H groups in total. The zero-order chi connectivity index (χ0) is 27.4. The summed E-state index contributed by atoms with van der Waals surface area (Å²) in [7, 11) is 0. The van der Waals surface area contributed by atoms with E-state index in [0.717, 1.165) is 28.4 Å². The standard InChI is InChI=1S/C24H28ClF3N4O4S/c1-23(2,3)13-30-16(11-29-22(35)18-6-7-19(25)37-18)21(34)31-14-4-5-17(15(10-14)24(26,27)28)32-8-9-36-12-20(32)33/h4-7,10,16,30H,8-9,11-13H2,1-3H3,(H,29,35)(H,31,34)/t16-/m0/s1. The van der Waals surface area contributed by atoms with Crippen molar-refractivity contribution in [1.82, 2.24) is 10.6 Å². The summed E-state index contributed by atoms with van der Waals surface area (Å²) in [5.74, 6) is -1.63. The van der Waals surface area contributed by atoms with Crippen LogP contribution in [0.25, 0.3) is 0 Å². The molecule has 202 valence electrons. The molecule has 0 aliphatic carbocycles. The summed E-state index contributed by atoms with van der Waals surface area (Å²) in [6.45, 7) is 5.93. The number of morpholine rings is 1. The van der Waals surface area contributed by atoms with Crippen molar-refractivity contribution in [3.63, 3.8) is 0 Å². The molecule has 13 heteroatoms. The van der Waals surface area contributed by atoms with Crippen molar-refractivity contribution >= 4 is 52.0 Å². The van der Waals surface area contributed by atoms with Gasteiger partial charge >= 0.3 is 6.18 Å². The van der Waals surface area contributed by atoms with E-state index in [-0.39, 0.29) is 43.1 Å². The molecule has 1 aromatic carbocycles. The Bertz CT molecular complexity index is 1150. The van der Waals surface area contributed by atoms with Gasteiger partial charge in [0.2, 0.25) is 5.91 Å². The fraction of sp³-hybridized carbons (Fsp3) is 0.458. The highest BCUT2D eigenvalue weighted by Gasteiger charge is 2.37. The van der Waals surface area contributed by atoms with Crippen LogP contribution in [0, 0.1) is 5.41 Å². The molecule has 8 nitrogen and oxygen atoms in total. The van der Waals surface area contributed by atoms with E-state index in [1.807, 2.05) is 20.8 Å². The van der Waals surface area contributed by atoms with Crippen molar-refractivity contribution < 1.29 is 32.3 Å². The summed E-state index contributed by atoms with van der Waals surface area (Å²) in [5, 5.41) is 8.23. The summed E-state index contributed by atoms with van der Waals surface area (Å²) >= 11 is 6.96. The number of carbonyl (C=O) groups excluding carboxylic acids is 3. The molecule has 0 saturated carbocycles. The molecule has 1 fully saturated rings. The molecule has 1 aromatic heterocycles. The molecule has 0 unspecified atom stereocenters. The van der Waals surface area contributed by atoms with Crippen LogP contribution in [0.2, 0.25) is 4.34 Å². The summed E-state index contributed by atoms with van der Waals surface area (Å²) in [5.41, 5.74) is -1.66. The van der Waals surface area contributed by atoms with Crippen molar-refractivity contribution in [2.45, 2.75) is 33.0 Å². The molecule has 0 radical (unpaired) electrons. The van der Waals surface area contributed by atoms with Gasteiger partial charge in [-0.3, -0.25) is 14.4 Å². The minimum absolute atomic E-state index is 0.0123. The molecule has 1 atom stereocenters. The number of hydrogen-bond donors (Lipinski definition) is 3. The molecule has 3 amide bonds. The highest BCUT2D eigenvalue weighted by molar-refractivity contribution is 7.18. The van der Waals surface area contributed by atoms with Gasteiger partial charge in [-0.25, -0.2) is 0 Å². The maximum absolute atomic E-state index is 13.9. The molecule has 0 bridgehead atoms. The Balaban J connectivity index is 1.79. The third-order valence-electron chi connectivity index (χ3n) is 5.31. The lowest BCUT2D eigenvalue weighted by molar-refractivity contribution is -0.137. The second-order valence-electron chi connectivity index (χ2n) is 9.62. The monoisotopic (exact) mass is 560 g/mol. The lowest BCUT2D eigenvalue weighted by Crippen LogP contribution is -2.50. The third kappa shape index (κ3) is 8.16. The van der Waals surface area contributed by atoms with E-state index in [9.17, 15) is 27.6 Å². The fourth-order valence-corrected chi connectivity index (χ4v) is 4.44. The van der Waals surface area contributed by atoms with Gasteiger partial charge in [0.25, 0.3) is 11.8 Å². The molecule has 0 spiro atoms. The van der Waals surface area contributed by atoms with Crippen LogP contribution in [0.15, 0.2) is 30.3 Å². The van der Waals surface area contributed by atoms with Gasteiger partial charge in [0, 0.05) is 25.3 Å². The van der Waals surface area contributed by atoms with Crippen LogP contribution in [-0.4, -0.2) is 56.6 Å².